The smallest absolute Gasteiger partial charge is 0.326 e. The van der Waals surface area contributed by atoms with Crippen LogP contribution in [0.15, 0.2) is 30.5 Å². The molecule has 0 bridgehead atoms. The number of thiol groups is 1. The van der Waals surface area contributed by atoms with Crippen molar-refractivity contribution < 1.29 is 19.5 Å². The fourth-order valence-corrected chi connectivity index (χ4v) is 3.28. The van der Waals surface area contributed by atoms with Gasteiger partial charge in [-0.15, -0.1) is 0 Å². The highest BCUT2D eigenvalue weighted by atomic mass is 32.1. The van der Waals surface area contributed by atoms with Crippen molar-refractivity contribution in [2.24, 2.45) is 11.5 Å². The molecule has 8 N–H and O–H groups in total. The molecule has 164 valence electrons. The van der Waals surface area contributed by atoms with Gasteiger partial charge in [0, 0.05) is 29.3 Å². The van der Waals surface area contributed by atoms with Gasteiger partial charge < -0.3 is 32.2 Å². The average molecular weight is 436 g/mol. The molecule has 10 heteroatoms. The van der Waals surface area contributed by atoms with Crippen molar-refractivity contribution in [1.82, 2.24) is 15.6 Å². The van der Waals surface area contributed by atoms with Gasteiger partial charge in [0.2, 0.25) is 11.8 Å². The minimum Gasteiger partial charge on any atom is -0.480 e. The Labute approximate surface area is 180 Å². The Morgan fingerprint density at radius 2 is 1.80 bits per heavy atom. The van der Waals surface area contributed by atoms with Crippen molar-refractivity contribution in [2.75, 3.05) is 12.3 Å². The summed E-state index contributed by atoms with van der Waals surface area (Å²) in [6, 6.07) is 4.60. The minimum absolute atomic E-state index is 0.102. The molecule has 0 spiro atoms. The maximum atomic E-state index is 12.8. The van der Waals surface area contributed by atoms with Crippen LogP contribution in [0, 0.1) is 0 Å². The Kier molecular flexibility index (Phi) is 9.15. The van der Waals surface area contributed by atoms with Crippen LogP contribution in [-0.4, -0.2) is 58.3 Å². The quantitative estimate of drug-likeness (QED) is 0.185. The van der Waals surface area contributed by atoms with Crippen LogP contribution in [0.3, 0.4) is 0 Å². The average Bonchev–Trinajstić information content (AvgIpc) is 3.14. The Balaban J connectivity index is 2.11. The number of hydrogen-bond donors (Lipinski definition) is 7. The Bertz CT molecular complexity index is 872. The van der Waals surface area contributed by atoms with Crippen molar-refractivity contribution in [1.29, 1.82) is 0 Å². The molecule has 0 aliphatic rings. The summed E-state index contributed by atoms with van der Waals surface area (Å²) in [6.45, 7) is 0.455. The number of aliphatic carboxylic acids is 1. The molecule has 0 aliphatic carbocycles. The van der Waals surface area contributed by atoms with Crippen LogP contribution in [0.4, 0.5) is 0 Å². The molecule has 9 nitrogen and oxygen atoms in total. The summed E-state index contributed by atoms with van der Waals surface area (Å²) >= 11 is 3.99. The van der Waals surface area contributed by atoms with Gasteiger partial charge in [-0.1, -0.05) is 18.2 Å². The highest BCUT2D eigenvalue weighted by molar-refractivity contribution is 7.80. The second-order valence-corrected chi connectivity index (χ2v) is 7.46. The predicted molar refractivity (Wildman–Crippen MR) is 118 cm³/mol. The summed E-state index contributed by atoms with van der Waals surface area (Å²) in [7, 11) is 0. The third-order valence-electron chi connectivity index (χ3n) is 4.83. The number of carbonyl (C=O) groups excluding carboxylic acids is 2. The van der Waals surface area contributed by atoms with Crippen molar-refractivity contribution in [3.63, 3.8) is 0 Å². The van der Waals surface area contributed by atoms with Gasteiger partial charge >= 0.3 is 5.97 Å². The molecule has 0 saturated heterocycles. The third kappa shape index (κ3) is 6.48. The standard InChI is InChI=1S/C20H29N5O4S/c21-8-4-3-7-16(24-18(26)14(22)11-30)19(27)25-17(20(28)29)9-12-10-23-15-6-2-1-5-13(12)15/h1-2,5-6,10,14,16-17,23,30H,3-4,7-9,11,21-22H2,(H,24,26)(H,25,27)(H,28,29)/t14-,16-,17-/m0/s1. The molecule has 2 rings (SSSR count). The molecule has 30 heavy (non-hydrogen) atoms. The minimum atomic E-state index is -1.16. The molecule has 2 aromatic rings. The number of aromatic amines is 1. The zero-order chi connectivity index (χ0) is 22.1. The number of amides is 2. The maximum absolute atomic E-state index is 12.8. The van der Waals surface area contributed by atoms with E-state index in [1.165, 1.54) is 0 Å². The highest BCUT2D eigenvalue weighted by Gasteiger charge is 2.28. The number of carbonyl (C=O) groups is 3. The zero-order valence-corrected chi connectivity index (χ0v) is 17.5. The van der Waals surface area contributed by atoms with Crippen LogP contribution in [0.2, 0.25) is 0 Å². The number of hydrogen-bond acceptors (Lipinski definition) is 6. The van der Waals surface area contributed by atoms with E-state index in [4.69, 9.17) is 11.5 Å². The van der Waals surface area contributed by atoms with Gasteiger partial charge in [0.05, 0.1) is 6.04 Å². The molecule has 3 atom stereocenters. The van der Waals surface area contributed by atoms with E-state index in [0.717, 1.165) is 16.5 Å². The molecule has 0 fully saturated rings. The number of unbranched alkanes of at least 4 members (excludes halogenated alkanes) is 1. The van der Waals surface area contributed by atoms with Gasteiger partial charge in [-0.3, -0.25) is 9.59 Å². The lowest BCUT2D eigenvalue weighted by Gasteiger charge is -2.22. The number of para-hydroxylation sites is 1. The Hall–Kier alpha value is -2.56. The molecule has 0 aliphatic heterocycles. The first-order chi connectivity index (χ1) is 14.4. The summed E-state index contributed by atoms with van der Waals surface area (Å²) in [5.74, 6) is -2.12. The van der Waals surface area contributed by atoms with Crippen LogP contribution < -0.4 is 22.1 Å². The van der Waals surface area contributed by atoms with E-state index in [9.17, 15) is 19.5 Å². The van der Waals surface area contributed by atoms with Crippen LogP contribution in [-0.2, 0) is 20.8 Å². The lowest BCUT2D eigenvalue weighted by molar-refractivity contribution is -0.142. The van der Waals surface area contributed by atoms with E-state index in [1.54, 1.807) is 6.20 Å². The largest absolute Gasteiger partial charge is 0.480 e. The number of fused-ring (bicyclic) bond motifs is 1. The summed E-state index contributed by atoms with van der Waals surface area (Å²) in [6.07, 6.45) is 3.44. The number of H-pyrrole nitrogens is 1. The normalized spacial score (nSPS) is 14.1. The number of nitrogens with two attached hydrogens (primary N) is 2. The van der Waals surface area contributed by atoms with Gasteiger partial charge in [-0.2, -0.15) is 12.6 Å². The fourth-order valence-electron chi connectivity index (χ4n) is 3.12. The molecule has 1 aromatic heterocycles. The first kappa shape index (κ1) is 23.7. The first-order valence-corrected chi connectivity index (χ1v) is 10.5. The van der Waals surface area contributed by atoms with Gasteiger partial charge in [0.25, 0.3) is 0 Å². The van der Waals surface area contributed by atoms with Crippen LogP contribution >= 0.6 is 12.6 Å². The SMILES string of the molecule is NCCCC[C@H](NC(=O)[C@@H](N)CS)C(=O)N[C@@H](Cc1c[nH]c2ccccc12)C(=O)O. The number of rotatable bonds is 12. The van der Waals surface area contributed by atoms with Gasteiger partial charge in [0.1, 0.15) is 12.1 Å². The molecular formula is C20H29N5O4S. The van der Waals surface area contributed by atoms with E-state index in [0.29, 0.717) is 25.8 Å². The first-order valence-electron chi connectivity index (χ1n) is 9.82. The Morgan fingerprint density at radius 1 is 1.10 bits per heavy atom. The van der Waals surface area contributed by atoms with E-state index in [1.807, 2.05) is 24.3 Å². The van der Waals surface area contributed by atoms with Crippen molar-refractivity contribution in [2.45, 2.75) is 43.8 Å². The summed E-state index contributed by atoms with van der Waals surface area (Å²) in [5, 5.41) is 15.7. The monoisotopic (exact) mass is 435 g/mol. The molecule has 0 saturated carbocycles. The van der Waals surface area contributed by atoms with Crippen molar-refractivity contribution in [3.05, 3.63) is 36.0 Å². The summed E-state index contributed by atoms with van der Waals surface area (Å²) < 4.78 is 0. The number of nitrogens with one attached hydrogen (secondary N) is 3. The summed E-state index contributed by atoms with van der Waals surface area (Å²) in [5.41, 5.74) is 12.8. The number of carboxylic acids is 1. The predicted octanol–water partition coefficient (Wildman–Crippen LogP) is 0.151. The fraction of sp³-hybridized carbons (Fsp3) is 0.450. The number of carboxylic acid groups (broad SMARTS) is 1. The van der Waals surface area contributed by atoms with E-state index in [-0.39, 0.29) is 12.2 Å². The second kappa shape index (κ2) is 11.6. The third-order valence-corrected chi connectivity index (χ3v) is 5.22. The highest BCUT2D eigenvalue weighted by Crippen LogP contribution is 2.19. The van der Waals surface area contributed by atoms with Crippen molar-refractivity contribution in [3.8, 4) is 0 Å². The van der Waals surface area contributed by atoms with E-state index < -0.39 is 35.9 Å². The second-order valence-electron chi connectivity index (χ2n) is 7.10. The molecule has 2 amide bonds. The van der Waals surface area contributed by atoms with Gasteiger partial charge in [0.15, 0.2) is 0 Å². The molecule has 0 unspecified atom stereocenters. The summed E-state index contributed by atoms with van der Waals surface area (Å²) in [4.78, 5) is 39.8. The molecule has 1 aromatic carbocycles. The lowest BCUT2D eigenvalue weighted by atomic mass is 10.0. The van der Waals surface area contributed by atoms with E-state index >= 15 is 0 Å². The topological polar surface area (TPSA) is 163 Å². The van der Waals surface area contributed by atoms with Crippen LogP contribution in [0.25, 0.3) is 10.9 Å². The van der Waals surface area contributed by atoms with Crippen LogP contribution in [0.1, 0.15) is 24.8 Å². The van der Waals surface area contributed by atoms with Crippen molar-refractivity contribution >= 4 is 41.3 Å². The molecule has 0 radical (unpaired) electrons. The van der Waals surface area contributed by atoms with Gasteiger partial charge in [-0.05, 0) is 37.4 Å². The maximum Gasteiger partial charge on any atom is 0.326 e. The number of benzene rings is 1. The van der Waals surface area contributed by atoms with E-state index in [2.05, 4.69) is 28.2 Å². The Morgan fingerprint density at radius 3 is 2.47 bits per heavy atom. The number of aromatic nitrogens is 1. The van der Waals surface area contributed by atoms with Gasteiger partial charge in [-0.25, -0.2) is 4.79 Å². The van der Waals surface area contributed by atoms with Crippen LogP contribution in [0.5, 0.6) is 0 Å². The lowest BCUT2D eigenvalue weighted by Crippen LogP contribution is -2.55. The molecule has 1 heterocycles. The molecular weight excluding hydrogens is 406 g/mol. The zero-order valence-electron chi connectivity index (χ0n) is 16.6.